The van der Waals surface area contributed by atoms with Crippen LogP contribution in [0.4, 0.5) is 0 Å². The predicted molar refractivity (Wildman–Crippen MR) is 152 cm³/mol. The van der Waals surface area contributed by atoms with Crippen LogP contribution < -0.4 is 4.74 Å². The number of hydrogen-bond acceptors (Lipinski definition) is 6. The zero-order chi connectivity index (χ0) is 28.6. The van der Waals surface area contributed by atoms with Crippen LogP contribution in [-0.4, -0.2) is 75.8 Å². The number of aromatic carboxylic acids is 1. The highest BCUT2D eigenvalue weighted by molar-refractivity contribution is 5.97. The van der Waals surface area contributed by atoms with E-state index in [1.54, 1.807) is 29.3 Å². The molecule has 1 aliphatic heterocycles. The van der Waals surface area contributed by atoms with E-state index in [-0.39, 0.29) is 42.0 Å². The lowest BCUT2D eigenvalue weighted by Crippen LogP contribution is -2.49. The van der Waals surface area contributed by atoms with E-state index in [1.807, 2.05) is 63.4 Å². The van der Waals surface area contributed by atoms with Crippen molar-refractivity contribution in [2.75, 3.05) is 26.7 Å². The summed E-state index contributed by atoms with van der Waals surface area (Å²) in [6.45, 7) is 5.26. The molecule has 8 heteroatoms. The van der Waals surface area contributed by atoms with Gasteiger partial charge in [-0.25, -0.2) is 9.78 Å². The van der Waals surface area contributed by atoms with Gasteiger partial charge in [0.25, 0.3) is 5.91 Å². The highest BCUT2D eigenvalue weighted by atomic mass is 16.5. The van der Waals surface area contributed by atoms with E-state index in [0.717, 1.165) is 11.1 Å². The van der Waals surface area contributed by atoms with Crippen LogP contribution >= 0.6 is 0 Å². The minimum Gasteiger partial charge on any atom is -0.478 e. The summed E-state index contributed by atoms with van der Waals surface area (Å²) in [7, 11) is 1.97. The molecule has 208 valence electrons. The van der Waals surface area contributed by atoms with Gasteiger partial charge in [0, 0.05) is 43.7 Å². The quantitative estimate of drug-likeness (QED) is 0.419. The number of aliphatic hydroxyl groups is 1. The van der Waals surface area contributed by atoms with Crippen molar-refractivity contribution >= 4 is 11.9 Å². The van der Waals surface area contributed by atoms with Crippen LogP contribution in [0.15, 0.2) is 66.9 Å². The summed E-state index contributed by atoms with van der Waals surface area (Å²) in [6.07, 6.45) is 1.92. The monoisotopic (exact) mass is 541 g/mol. The second kappa shape index (κ2) is 13.2. The molecule has 0 aliphatic carbocycles. The van der Waals surface area contributed by atoms with Gasteiger partial charge in [-0.2, -0.15) is 0 Å². The van der Waals surface area contributed by atoms with Crippen LogP contribution in [0.2, 0.25) is 0 Å². The summed E-state index contributed by atoms with van der Waals surface area (Å²) in [6, 6.07) is 18.1. The maximum absolute atomic E-state index is 13.6. The number of aromatic nitrogens is 1. The Morgan fingerprint density at radius 1 is 1.18 bits per heavy atom. The number of rotatable bonds is 8. The Bertz CT molecular complexity index is 1380. The first-order valence-corrected chi connectivity index (χ1v) is 13.4. The zero-order valence-corrected chi connectivity index (χ0v) is 23.1. The van der Waals surface area contributed by atoms with Gasteiger partial charge in [0.15, 0.2) is 0 Å². The number of amides is 1. The molecule has 0 spiro atoms. The second-order valence-electron chi connectivity index (χ2n) is 10.4. The Labute approximate surface area is 235 Å². The summed E-state index contributed by atoms with van der Waals surface area (Å²) >= 11 is 0. The number of carboxylic acids is 1. The topological polar surface area (TPSA) is 103 Å². The summed E-state index contributed by atoms with van der Waals surface area (Å²) in [5.74, 6) is 5.28. The number of hydrogen-bond donors (Lipinski definition) is 2. The molecule has 0 radical (unpaired) electrons. The van der Waals surface area contributed by atoms with E-state index >= 15 is 0 Å². The molecule has 4 rings (SSSR count). The number of aliphatic hydroxyl groups excluding tert-OH is 1. The van der Waals surface area contributed by atoms with Crippen molar-refractivity contribution in [3.05, 3.63) is 94.7 Å². The molecule has 1 amide bonds. The van der Waals surface area contributed by atoms with E-state index in [9.17, 15) is 14.7 Å². The maximum Gasteiger partial charge on any atom is 0.335 e. The highest BCUT2D eigenvalue weighted by Crippen LogP contribution is 2.27. The van der Waals surface area contributed by atoms with Crippen LogP contribution in [0.1, 0.15) is 51.3 Å². The number of likely N-dealkylation sites (N-methyl/N-ethyl adjacent to an activating group) is 1. The fourth-order valence-electron chi connectivity index (χ4n) is 4.67. The van der Waals surface area contributed by atoms with Crippen LogP contribution in [0.5, 0.6) is 5.88 Å². The summed E-state index contributed by atoms with van der Waals surface area (Å²) < 4.78 is 6.38. The van der Waals surface area contributed by atoms with E-state index in [0.29, 0.717) is 37.2 Å². The third-order valence-corrected chi connectivity index (χ3v) is 7.03. The number of pyridine rings is 1. The lowest BCUT2D eigenvalue weighted by molar-refractivity contribution is 0.0325. The van der Waals surface area contributed by atoms with Gasteiger partial charge in [-0.15, -0.1) is 0 Å². The summed E-state index contributed by atoms with van der Waals surface area (Å²) in [5.41, 5.74) is 3.29. The molecular formula is C32H35N3O5. The molecule has 3 atom stereocenters. The molecule has 0 saturated heterocycles. The average molecular weight is 542 g/mol. The van der Waals surface area contributed by atoms with Gasteiger partial charge >= 0.3 is 5.97 Å². The highest BCUT2D eigenvalue weighted by Gasteiger charge is 2.34. The van der Waals surface area contributed by atoms with E-state index in [4.69, 9.17) is 9.84 Å². The number of benzene rings is 2. The molecule has 0 unspecified atom stereocenters. The zero-order valence-electron chi connectivity index (χ0n) is 23.1. The molecule has 40 heavy (non-hydrogen) atoms. The van der Waals surface area contributed by atoms with Crippen molar-refractivity contribution in [1.29, 1.82) is 0 Å². The smallest absolute Gasteiger partial charge is 0.335 e. The number of fused-ring (bicyclic) bond motifs is 1. The first-order valence-electron chi connectivity index (χ1n) is 13.4. The van der Waals surface area contributed by atoms with Gasteiger partial charge in [-0.3, -0.25) is 9.69 Å². The van der Waals surface area contributed by atoms with E-state index in [2.05, 4.69) is 21.7 Å². The van der Waals surface area contributed by atoms with Crippen LogP contribution in [-0.2, 0) is 13.0 Å². The second-order valence-corrected chi connectivity index (χ2v) is 10.4. The fraction of sp³-hybridized carbons (Fsp3) is 0.344. The van der Waals surface area contributed by atoms with Crippen molar-refractivity contribution in [3.8, 4) is 17.7 Å². The van der Waals surface area contributed by atoms with Crippen molar-refractivity contribution in [3.63, 3.8) is 0 Å². The van der Waals surface area contributed by atoms with Gasteiger partial charge in [-0.05, 0) is 43.3 Å². The Morgan fingerprint density at radius 3 is 2.58 bits per heavy atom. The molecule has 2 aromatic carbocycles. The van der Waals surface area contributed by atoms with Crippen LogP contribution in [0.25, 0.3) is 0 Å². The lowest BCUT2D eigenvalue weighted by Gasteiger charge is -2.37. The van der Waals surface area contributed by atoms with Gasteiger partial charge in [0.05, 0.1) is 18.2 Å². The Morgan fingerprint density at radius 2 is 1.90 bits per heavy atom. The first-order chi connectivity index (χ1) is 19.2. The van der Waals surface area contributed by atoms with Crippen LogP contribution in [0, 0.1) is 17.8 Å². The number of carbonyl (C=O) groups is 2. The number of ether oxygens (including phenoxy) is 1. The van der Waals surface area contributed by atoms with E-state index in [1.165, 1.54) is 0 Å². The molecule has 0 bridgehead atoms. The van der Waals surface area contributed by atoms with Crippen LogP contribution in [0.3, 0.4) is 0 Å². The van der Waals surface area contributed by atoms with Gasteiger partial charge in [-0.1, -0.05) is 61.2 Å². The Balaban J connectivity index is 1.56. The molecule has 2 N–H and O–H groups in total. The van der Waals surface area contributed by atoms with Crippen molar-refractivity contribution < 1.29 is 24.5 Å². The minimum atomic E-state index is -0.954. The molecule has 1 aromatic heterocycles. The molecule has 1 aliphatic rings. The number of carboxylic acid groups (broad SMARTS) is 1. The maximum atomic E-state index is 13.6. The minimum absolute atomic E-state index is 0.0462. The average Bonchev–Trinajstić information content (AvgIpc) is 2.95. The summed E-state index contributed by atoms with van der Waals surface area (Å²) in [5, 5.41) is 19.1. The van der Waals surface area contributed by atoms with Gasteiger partial charge in [0.2, 0.25) is 5.88 Å². The molecule has 0 saturated carbocycles. The fourth-order valence-corrected chi connectivity index (χ4v) is 4.67. The first kappa shape index (κ1) is 28.8. The molecule has 3 aromatic rings. The third-order valence-electron chi connectivity index (χ3n) is 7.03. The van der Waals surface area contributed by atoms with E-state index < -0.39 is 5.97 Å². The molecular weight excluding hydrogens is 506 g/mol. The normalized spacial score (nSPS) is 17.6. The Hall–Kier alpha value is -4.19. The van der Waals surface area contributed by atoms with Crippen molar-refractivity contribution in [2.24, 2.45) is 5.92 Å². The summed E-state index contributed by atoms with van der Waals surface area (Å²) in [4.78, 5) is 33.1. The Kier molecular flexibility index (Phi) is 9.54. The predicted octanol–water partition coefficient (Wildman–Crippen LogP) is 3.73. The largest absolute Gasteiger partial charge is 0.478 e. The van der Waals surface area contributed by atoms with Gasteiger partial charge in [0.1, 0.15) is 11.7 Å². The molecule has 8 nitrogen and oxygen atoms in total. The van der Waals surface area contributed by atoms with Crippen molar-refractivity contribution in [1.82, 2.24) is 14.8 Å². The number of carbonyl (C=O) groups excluding carboxylic acids is 1. The molecule has 0 fully saturated rings. The SMILES string of the molecule is C[C@H]1CN([C@@H](C)CO)C(=O)c2cc(C#CCc3ccccc3)cnc2O[C@@H]1CN(C)Cc1ccc(C(=O)O)cc1. The standard InChI is InChI=1S/C32H35N3O5/c1-22-18-35(23(2)21-36)31(37)28-16-26(11-7-10-24-8-5-4-6-9-24)17-33-30(28)40-29(22)20-34(3)19-25-12-14-27(15-13-25)32(38)39/h4-6,8-9,12-17,22-23,29,36H,10,18-21H2,1-3H3,(H,38,39)/t22-,23-,29+/m0/s1. The third kappa shape index (κ3) is 7.26. The van der Waals surface area contributed by atoms with Crippen molar-refractivity contribution in [2.45, 2.75) is 39.0 Å². The molecule has 2 heterocycles. The lowest BCUT2D eigenvalue weighted by atomic mass is 9.99. The number of nitrogens with zero attached hydrogens (tertiary/aromatic N) is 3. The van der Waals surface area contributed by atoms with Gasteiger partial charge < -0.3 is 19.8 Å².